The lowest BCUT2D eigenvalue weighted by molar-refractivity contribution is 0.274. The molecule has 6 heteroatoms. The Balaban J connectivity index is 2.22. The Hall–Kier alpha value is -1.92. The minimum Gasteiger partial charge on any atom is -0.483 e. The number of rotatable bonds is 4. The summed E-state index contributed by atoms with van der Waals surface area (Å²) >= 11 is 0. The average molecular weight is 264 g/mol. The van der Waals surface area contributed by atoms with Gasteiger partial charge in [0.2, 0.25) is 0 Å². The largest absolute Gasteiger partial charge is 0.491 e. The van der Waals surface area contributed by atoms with Gasteiger partial charge in [-0.05, 0) is 11.6 Å². The van der Waals surface area contributed by atoms with Gasteiger partial charge in [-0.15, -0.1) is 0 Å². The zero-order chi connectivity index (χ0) is 13.8. The fourth-order valence-corrected chi connectivity index (χ4v) is 1.61. The molecule has 2 rings (SSSR count). The lowest BCUT2D eigenvalue weighted by Gasteiger charge is -2.11. The quantitative estimate of drug-likeness (QED) is 0.816. The van der Waals surface area contributed by atoms with Crippen LogP contribution in [0.2, 0.25) is 0 Å². The van der Waals surface area contributed by atoms with Crippen molar-refractivity contribution in [2.24, 2.45) is 0 Å². The van der Waals surface area contributed by atoms with Crippen LogP contribution in [0.25, 0.3) is 0 Å². The van der Waals surface area contributed by atoms with Crippen molar-refractivity contribution in [2.75, 3.05) is 0 Å². The molecular weight excluding hydrogens is 253 g/mol. The molecule has 0 bridgehead atoms. The molecule has 0 aliphatic carbocycles. The van der Waals surface area contributed by atoms with Crippen molar-refractivity contribution < 1.29 is 23.6 Å². The fourth-order valence-electron chi connectivity index (χ4n) is 1.61. The van der Waals surface area contributed by atoms with Gasteiger partial charge < -0.3 is 14.8 Å². The van der Waals surface area contributed by atoms with Gasteiger partial charge in [-0.25, -0.2) is 8.78 Å². The predicted octanol–water partition coefficient (Wildman–Crippen LogP) is 1.22. The molecule has 0 amide bonds. The van der Waals surface area contributed by atoms with Crippen molar-refractivity contribution in [2.45, 2.75) is 6.61 Å². The second-order valence-electron chi connectivity index (χ2n) is 3.93. The van der Waals surface area contributed by atoms with Crippen molar-refractivity contribution >= 4 is 12.6 Å². The molecule has 2 aromatic carbocycles. The summed E-state index contributed by atoms with van der Waals surface area (Å²) in [5, 5.41) is 17.9. The number of halogens is 2. The van der Waals surface area contributed by atoms with E-state index in [0.29, 0.717) is 0 Å². The lowest BCUT2D eigenvalue weighted by atomic mass is 9.80. The van der Waals surface area contributed by atoms with Gasteiger partial charge in [0.15, 0.2) is 17.4 Å². The van der Waals surface area contributed by atoms with E-state index in [1.165, 1.54) is 0 Å². The minimum atomic E-state index is -2.01. The highest BCUT2D eigenvalue weighted by molar-refractivity contribution is 6.58. The third kappa shape index (κ3) is 3.10. The van der Waals surface area contributed by atoms with Crippen molar-refractivity contribution in [1.29, 1.82) is 0 Å². The van der Waals surface area contributed by atoms with E-state index in [0.717, 1.165) is 17.7 Å². The van der Waals surface area contributed by atoms with E-state index in [-0.39, 0.29) is 6.61 Å². The molecule has 0 radical (unpaired) electrons. The van der Waals surface area contributed by atoms with Crippen LogP contribution in [-0.2, 0) is 6.61 Å². The van der Waals surface area contributed by atoms with E-state index in [4.69, 9.17) is 14.8 Å². The summed E-state index contributed by atoms with van der Waals surface area (Å²) in [5.74, 6) is -2.61. The summed E-state index contributed by atoms with van der Waals surface area (Å²) in [6, 6.07) is 10.8. The lowest BCUT2D eigenvalue weighted by Crippen LogP contribution is -2.33. The highest BCUT2D eigenvalue weighted by Gasteiger charge is 2.22. The number of hydrogen-bond acceptors (Lipinski definition) is 3. The van der Waals surface area contributed by atoms with Crippen LogP contribution in [0.5, 0.6) is 5.75 Å². The van der Waals surface area contributed by atoms with Gasteiger partial charge in [0.1, 0.15) is 6.61 Å². The monoisotopic (exact) mass is 264 g/mol. The Bertz CT molecular complexity index is 561. The van der Waals surface area contributed by atoms with Crippen LogP contribution in [-0.4, -0.2) is 17.2 Å². The maximum atomic E-state index is 13.8. The minimum absolute atomic E-state index is 0.0142. The molecule has 0 saturated heterocycles. The normalized spacial score (nSPS) is 10.3. The van der Waals surface area contributed by atoms with Crippen molar-refractivity contribution in [1.82, 2.24) is 0 Å². The highest BCUT2D eigenvalue weighted by Crippen LogP contribution is 2.21. The summed E-state index contributed by atoms with van der Waals surface area (Å²) in [7, 11) is -2.01. The number of ether oxygens (including phenoxy) is 1. The summed E-state index contributed by atoms with van der Waals surface area (Å²) in [6.45, 7) is -0.0142. The zero-order valence-corrected chi connectivity index (χ0v) is 9.88. The van der Waals surface area contributed by atoms with E-state index in [1.807, 2.05) is 6.07 Å². The average Bonchev–Trinajstić information content (AvgIpc) is 2.39. The molecule has 0 atom stereocenters. The van der Waals surface area contributed by atoms with Crippen molar-refractivity contribution in [3.63, 3.8) is 0 Å². The number of hydrogen-bond donors (Lipinski definition) is 2. The second kappa shape index (κ2) is 5.82. The summed E-state index contributed by atoms with van der Waals surface area (Å²) < 4.78 is 32.3. The molecule has 0 aliphatic rings. The van der Waals surface area contributed by atoms with Crippen LogP contribution in [0.1, 0.15) is 5.56 Å². The maximum absolute atomic E-state index is 13.8. The SMILES string of the molecule is OB(O)c1ccc(F)c(OCc2ccccc2)c1F. The third-order valence-electron chi connectivity index (χ3n) is 2.58. The first-order valence-corrected chi connectivity index (χ1v) is 5.60. The summed E-state index contributed by atoms with van der Waals surface area (Å²) in [5.41, 5.74) is 0.320. The first-order valence-electron chi connectivity index (χ1n) is 5.60. The molecule has 0 aromatic heterocycles. The van der Waals surface area contributed by atoms with Gasteiger partial charge in [-0.1, -0.05) is 36.4 Å². The van der Waals surface area contributed by atoms with Crippen molar-refractivity contribution in [3.8, 4) is 5.75 Å². The van der Waals surface area contributed by atoms with Crippen LogP contribution in [0.3, 0.4) is 0 Å². The molecule has 0 spiro atoms. The standard InChI is InChI=1S/C13H11BF2O3/c15-11-7-6-10(14(17)18)12(16)13(11)19-8-9-4-2-1-3-5-9/h1-7,17-18H,8H2. The van der Waals surface area contributed by atoms with Crippen LogP contribution in [0, 0.1) is 11.6 Å². The summed E-state index contributed by atoms with van der Waals surface area (Å²) in [6.07, 6.45) is 0. The van der Waals surface area contributed by atoms with Gasteiger partial charge in [0.25, 0.3) is 0 Å². The molecular formula is C13H11BF2O3. The van der Waals surface area contributed by atoms with Crippen LogP contribution in [0.4, 0.5) is 8.78 Å². The molecule has 0 heterocycles. The van der Waals surface area contributed by atoms with Gasteiger partial charge in [0, 0.05) is 5.46 Å². The topological polar surface area (TPSA) is 49.7 Å². The molecule has 19 heavy (non-hydrogen) atoms. The third-order valence-corrected chi connectivity index (χ3v) is 2.58. The van der Waals surface area contributed by atoms with Gasteiger partial charge in [-0.2, -0.15) is 0 Å². The highest BCUT2D eigenvalue weighted by atomic mass is 19.1. The van der Waals surface area contributed by atoms with E-state index in [1.54, 1.807) is 24.3 Å². The zero-order valence-electron chi connectivity index (χ0n) is 9.88. The molecule has 2 N–H and O–H groups in total. The molecule has 0 fully saturated rings. The van der Waals surface area contributed by atoms with Gasteiger partial charge in [-0.3, -0.25) is 0 Å². The Morgan fingerprint density at radius 2 is 1.68 bits per heavy atom. The maximum Gasteiger partial charge on any atom is 0.491 e. The van der Waals surface area contributed by atoms with E-state index < -0.39 is 30.0 Å². The van der Waals surface area contributed by atoms with Gasteiger partial charge in [0.05, 0.1) is 0 Å². The van der Waals surface area contributed by atoms with Crippen LogP contribution < -0.4 is 10.2 Å². The van der Waals surface area contributed by atoms with Crippen LogP contribution >= 0.6 is 0 Å². The molecule has 0 saturated carbocycles. The molecule has 0 aliphatic heterocycles. The van der Waals surface area contributed by atoms with Gasteiger partial charge >= 0.3 is 7.12 Å². The van der Waals surface area contributed by atoms with Crippen molar-refractivity contribution in [3.05, 3.63) is 59.7 Å². The second-order valence-corrected chi connectivity index (χ2v) is 3.93. The molecule has 0 unspecified atom stereocenters. The van der Waals surface area contributed by atoms with E-state index in [2.05, 4.69) is 0 Å². The number of benzene rings is 2. The fraction of sp³-hybridized carbons (Fsp3) is 0.0769. The summed E-state index contributed by atoms with van der Waals surface area (Å²) in [4.78, 5) is 0. The predicted molar refractivity (Wildman–Crippen MR) is 67.0 cm³/mol. The molecule has 98 valence electrons. The first-order chi connectivity index (χ1) is 9.09. The Morgan fingerprint density at radius 1 is 1.00 bits per heavy atom. The smallest absolute Gasteiger partial charge is 0.483 e. The molecule has 3 nitrogen and oxygen atoms in total. The Kier molecular flexibility index (Phi) is 4.14. The Morgan fingerprint density at radius 3 is 2.32 bits per heavy atom. The van der Waals surface area contributed by atoms with Crippen LogP contribution in [0.15, 0.2) is 42.5 Å². The van der Waals surface area contributed by atoms with E-state index in [9.17, 15) is 8.78 Å². The molecule has 2 aromatic rings. The first kappa shape index (κ1) is 13.5. The van der Waals surface area contributed by atoms with E-state index >= 15 is 0 Å². The Labute approximate surface area is 109 Å².